The number of rotatable bonds is 3. The molecule has 24 heavy (non-hydrogen) atoms. The van der Waals surface area contributed by atoms with E-state index in [4.69, 9.17) is 9.47 Å². The summed E-state index contributed by atoms with van der Waals surface area (Å²) in [6, 6.07) is 1.88. The second kappa shape index (κ2) is 6.52. The van der Waals surface area contributed by atoms with E-state index < -0.39 is 17.2 Å². The highest BCUT2D eigenvalue weighted by atomic mass is 32.2. The van der Waals surface area contributed by atoms with E-state index in [-0.39, 0.29) is 12.2 Å². The van der Waals surface area contributed by atoms with Crippen LogP contribution in [0.15, 0.2) is 17.3 Å². The summed E-state index contributed by atoms with van der Waals surface area (Å²) in [6.07, 6.45) is 6.98. The summed E-state index contributed by atoms with van der Waals surface area (Å²) >= 11 is 1.57. The highest BCUT2D eigenvalue weighted by molar-refractivity contribution is 7.98. The number of hydrogen-bond acceptors (Lipinski definition) is 6. The van der Waals surface area contributed by atoms with E-state index in [9.17, 15) is 4.79 Å². The Morgan fingerprint density at radius 2 is 2.04 bits per heavy atom. The van der Waals surface area contributed by atoms with Gasteiger partial charge in [0.15, 0.2) is 5.82 Å². The standard InChI is InChI=1S/C17H25N3O3S/c1-16(2,3)23-15(21)20-17(9-11-5-6-12(10-17)22-11)14-18-8-7-13(19-14)24-4/h7-8,11-12H,5-6,9-10H2,1-4H3,(H,20,21). The smallest absolute Gasteiger partial charge is 0.408 e. The molecule has 1 aromatic rings. The van der Waals surface area contributed by atoms with Crippen LogP contribution in [0.4, 0.5) is 4.79 Å². The van der Waals surface area contributed by atoms with Crippen LogP contribution in [0.2, 0.25) is 0 Å². The van der Waals surface area contributed by atoms with Crippen molar-refractivity contribution in [3.63, 3.8) is 0 Å². The maximum Gasteiger partial charge on any atom is 0.408 e. The number of amides is 1. The molecule has 2 fully saturated rings. The van der Waals surface area contributed by atoms with Gasteiger partial charge in [0.25, 0.3) is 0 Å². The summed E-state index contributed by atoms with van der Waals surface area (Å²) in [5.74, 6) is 0.653. The lowest BCUT2D eigenvalue weighted by atomic mass is 9.85. The molecule has 6 nitrogen and oxygen atoms in total. The van der Waals surface area contributed by atoms with Crippen LogP contribution in [0, 0.1) is 0 Å². The molecular weight excluding hydrogens is 326 g/mol. The second-order valence-corrected chi connectivity index (χ2v) is 8.32. The fourth-order valence-corrected chi connectivity index (χ4v) is 3.84. The van der Waals surface area contributed by atoms with Gasteiger partial charge in [-0.15, -0.1) is 11.8 Å². The monoisotopic (exact) mass is 351 g/mol. The Hall–Kier alpha value is -1.34. The first-order valence-corrected chi connectivity index (χ1v) is 9.56. The van der Waals surface area contributed by atoms with Crippen LogP contribution in [0.3, 0.4) is 0 Å². The maximum absolute atomic E-state index is 12.5. The summed E-state index contributed by atoms with van der Waals surface area (Å²) in [4.78, 5) is 21.6. The largest absolute Gasteiger partial charge is 0.444 e. The Morgan fingerprint density at radius 1 is 1.38 bits per heavy atom. The predicted octanol–water partition coefficient (Wildman–Crippen LogP) is 3.26. The fraction of sp³-hybridized carbons (Fsp3) is 0.706. The molecule has 2 atom stereocenters. The number of hydrogen-bond donors (Lipinski definition) is 1. The first kappa shape index (κ1) is 17.5. The van der Waals surface area contributed by atoms with Crippen molar-refractivity contribution >= 4 is 17.9 Å². The third-order valence-corrected chi connectivity index (χ3v) is 5.00. The number of nitrogens with zero attached hydrogens (tertiary/aromatic N) is 2. The van der Waals surface area contributed by atoms with Crippen LogP contribution in [-0.4, -0.2) is 40.1 Å². The Morgan fingerprint density at radius 3 is 2.62 bits per heavy atom. The average molecular weight is 351 g/mol. The first-order valence-electron chi connectivity index (χ1n) is 8.34. The minimum absolute atomic E-state index is 0.139. The van der Waals surface area contributed by atoms with Crippen molar-refractivity contribution in [3.8, 4) is 0 Å². The summed E-state index contributed by atoms with van der Waals surface area (Å²) in [5, 5.41) is 3.97. The van der Waals surface area contributed by atoms with Crippen LogP contribution in [0.5, 0.6) is 0 Å². The molecule has 0 spiro atoms. The van der Waals surface area contributed by atoms with E-state index in [1.54, 1.807) is 18.0 Å². The lowest BCUT2D eigenvalue weighted by Gasteiger charge is -2.40. The molecule has 2 bridgehead atoms. The van der Waals surface area contributed by atoms with Crippen molar-refractivity contribution in [1.29, 1.82) is 0 Å². The molecule has 2 saturated heterocycles. The molecule has 132 valence electrons. The van der Waals surface area contributed by atoms with Gasteiger partial charge < -0.3 is 14.8 Å². The zero-order chi connectivity index (χ0) is 17.4. The molecule has 7 heteroatoms. The molecule has 3 rings (SSSR count). The first-order chi connectivity index (χ1) is 11.3. The van der Waals surface area contributed by atoms with Gasteiger partial charge in [0.2, 0.25) is 0 Å². The molecule has 1 aromatic heterocycles. The number of thioether (sulfide) groups is 1. The maximum atomic E-state index is 12.5. The molecule has 0 radical (unpaired) electrons. The third-order valence-electron chi connectivity index (χ3n) is 4.36. The normalized spacial score (nSPS) is 29.3. The predicted molar refractivity (Wildman–Crippen MR) is 92.0 cm³/mol. The van der Waals surface area contributed by atoms with Crippen LogP contribution >= 0.6 is 11.8 Å². The van der Waals surface area contributed by atoms with Gasteiger partial charge in [-0.25, -0.2) is 14.8 Å². The topological polar surface area (TPSA) is 73.3 Å². The number of carbonyl (C=O) groups is 1. The number of carbonyl (C=O) groups excluding carboxylic acids is 1. The van der Waals surface area contributed by atoms with Crippen molar-refractivity contribution in [2.45, 2.75) is 74.8 Å². The van der Waals surface area contributed by atoms with Gasteiger partial charge in [0, 0.05) is 19.0 Å². The van der Waals surface area contributed by atoms with Gasteiger partial charge in [-0.3, -0.25) is 0 Å². The van der Waals surface area contributed by atoms with E-state index in [2.05, 4.69) is 15.3 Å². The lowest BCUT2D eigenvalue weighted by molar-refractivity contribution is -0.0460. The van der Waals surface area contributed by atoms with Crippen LogP contribution in [0.25, 0.3) is 0 Å². The minimum atomic E-state index is -0.627. The van der Waals surface area contributed by atoms with E-state index in [1.807, 2.05) is 33.1 Å². The van der Waals surface area contributed by atoms with Crippen LogP contribution < -0.4 is 5.32 Å². The number of alkyl carbamates (subject to hydrolysis) is 1. The Kier molecular flexibility index (Phi) is 4.75. The van der Waals surface area contributed by atoms with Gasteiger partial charge in [0.05, 0.1) is 17.2 Å². The molecule has 1 N–H and O–H groups in total. The number of fused-ring (bicyclic) bond motifs is 2. The molecule has 0 saturated carbocycles. The SMILES string of the molecule is CSc1ccnc(C2(NC(=O)OC(C)(C)C)CC3CCC(C2)O3)n1. The molecule has 2 unspecified atom stereocenters. The van der Waals surface area contributed by atoms with E-state index >= 15 is 0 Å². The number of nitrogens with one attached hydrogen (secondary N) is 1. The molecule has 3 heterocycles. The van der Waals surface area contributed by atoms with Crippen molar-refractivity contribution in [2.75, 3.05) is 6.26 Å². The number of aromatic nitrogens is 2. The highest BCUT2D eigenvalue weighted by Crippen LogP contribution is 2.43. The van der Waals surface area contributed by atoms with Crippen molar-refractivity contribution in [3.05, 3.63) is 18.1 Å². The third kappa shape index (κ3) is 3.83. The highest BCUT2D eigenvalue weighted by Gasteiger charge is 2.49. The van der Waals surface area contributed by atoms with Gasteiger partial charge >= 0.3 is 6.09 Å². The van der Waals surface area contributed by atoms with Crippen LogP contribution in [0.1, 0.15) is 52.3 Å². The molecular formula is C17H25N3O3S. The molecule has 0 aromatic carbocycles. The summed E-state index contributed by atoms with van der Waals surface area (Å²) in [5.41, 5.74) is -1.17. The van der Waals surface area contributed by atoms with Crippen molar-refractivity contribution in [2.24, 2.45) is 0 Å². The second-order valence-electron chi connectivity index (χ2n) is 7.50. The van der Waals surface area contributed by atoms with E-state index in [1.165, 1.54) is 0 Å². The molecule has 2 aliphatic rings. The Labute approximate surface area is 147 Å². The number of ether oxygens (including phenoxy) is 2. The van der Waals surface area contributed by atoms with Crippen molar-refractivity contribution < 1.29 is 14.3 Å². The summed E-state index contributed by atoms with van der Waals surface area (Å²) < 4.78 is 11.4. The van der Waals surface area contributed by atoms with Crippen LogP contribution in [-0.2, 0) is 15.0 Å². The average Bonchev–Trinajstić information content (AvgIpc) is 2.84. The van der Waals surface area contributed by atoms with Crippen molar-refractivity contribution in [1.82, 2.24) is 15.3 Å². The van der Waals surface area contributed by atoms with Gasteiger partial charge in [-0.05, 0) is 45.9 Å². The molecule has 2 aliphatic heterocycles. The van der Waals surface area contributed by atoms with Gasteiger partial charge in [0.1, 0.15) is 11.1 Å². The lowest BCUT2D eigenvalue weighted by Crippen LogP contribution is -2.54. The Balaban J connectivity index is 1.91. The summed E-state index contributed by atoms with van der Waals surface area (Å²) in [7, 11) is 0. The van der Waals surface area contributed by atoms with E-state index in [0.717, 1.165) is 17.9 Å². The Bertz CT molecular complexity index is 605. The zero-order valence-electron chi connectivity index (χ0n) is 14.7. The zero-order valence-corrected chi connectivity index (χ0v) is 15.5. The molecule has 0 aliphatic carbocycles. The summed E-state index contributed by atoms with van der Waals surface area (Å²) in [6.45, 7) is 5.58. The molecule has 1 amide bonds. The fourth-order valence-electron chi connectivity index (χ4n) is 3.47. The van der Waals surface area contributed by atoms with Gasteiger partial charge in [-0.2, -0.15) is 0 Å². The van der Waals surface area contributed by atoms with E-state index in [0.29, 0.717) is 18.7 Å². The van der Waals surface area contributed by atoms with Gasteiger partial charge in [-0.1, -0.05) is 0 Å². The minimum Gasteiger partial charge on any atom is -0.444 e. The quantitative estimate of drug-likeness (QED) is 0.665.